The Morgan fingerprint density at radius 3 is 2.12 bits per heavy atom. The molecule has 20 heteroatoms. The summed E-state index contributed by atoms with van der Waals surface area (Å²) in [4.78, 5) is 131. The van der Waals surface area contributed by atoms with Crippen molar-refractivity contribution < 1.29 is 67.2 Å². The molecule has 0 bridgehead atoms. The topological polar surface area (TPSA) is 257 Å². The SMILES string of the molecule is CC[C@H](C)[C@H]1NC(=O)[C@H](NC(=O)[C@@H](C)N(C)C(=O)OCc2ccccc2)[C@@H](C)OC(=O)[C@H](Cc2ccc(OC)cc2)N(C)C(=O)[C@@H]2CCCN2C(=O)[C@H](CC(C)C)NC(=O)[C@@H](C)C(=O)[C@H](C(C)C)OC(=O)C[C@@H]1O. The first kappa shape index (κ1) is 60.0. The quantitative estimate of drug-likeness (QED) is 0.127. The minimum Gasteiger partial charge on any atom is -0.497 e. The van der Waals surface area contributed by atoms with Gasteiger partial charge in [0.1, 0.15) is 48.7 Å². The zero-order chi connectivity index (χ0) is 55.1. The number of Topliss-reactive ketones (excluding diaryl/α,β-unsaturated/α-hetero) is 1. The number of carbonyl (C=O) groups excluding carboxylic acids is 9. The minimum absolute atomic E-state index is 0.0872. The van der Waals surface area contributed by atoms with Gasteiger partial charge in [-0.1, -0.05) is 90.4 Å². The highest BCUT2D eigenvalue weighted by Gasteiger charge is 2.44. The normalized spacial score (nSPS) is 26.0. The number of benzene rings is 2. The molecule has 2 aliphatic rings. The van der Waals surface area contributed by atoms with Gasteiger partial charge in [-0.3, -0.25) is 38.5 Å². The molecule has 2 aliphatic heterocycles. The second kappa shape index (κ2) is 27.6. The maximum atomic E-state index is 14.8. The van der Waals surface area contributed by atoms with Crippen LogP contribution < -0.4 is 20.7 Å². The van der Waals surface area contributed by atoms with Gasteiger partial charge in [-0.25, -0.2) is 9.59 Å². The molecule has 11 atom stereocenters. The molecule has 4 rings (SSSR count). The molecule has 2 aromatic rings. The summed E-state index contributed by atoms with van der Waals surface area (Å²) in [6, 6.07) is 7.86. The van der Waals surface area contributed by atoms with Crippen molar-refractivity contribution in [3.63, 3.8) is 0 Å². The predicted molar refractivity (Wildman–Crippen MR) is 272 cm³/mol. The molecule has 6 amide bonds. The first-order valence-electron chi connectivity index (χ1n) is 25.6. The van der Waals surface area contributed by atoms with Crippen LogP contribution in [-0.4, -0.2) is 155 Å². The molecule has 2 aromatic carbocycles. The molecule has 0 unspecified atom stereocenters. The highest BCUT2D eigenvalue weighted by Crippen LogP contribution is 2.26. The van der Waals surface area contributed by atoms with Gasteiger partial charge in [0.2, 0.25) is 29.5 Å². The number of cyclic esters (lactones) is 2. The average Bonchev–Trinajstić information content (AvgIpc) is 3.87. The molecule has 0 aromatic heterocycles. The summed E-state index contributed by atoms with van der Waals surface area (Å²) in [5.74, 6) is -8.67. The van der Waals surface area contributed by atoms with Gasteiger partial charge in [0.15, 0.2) is 11.9 Å². The number of aliphatic hydroxyl groups is 1. The smallest absolute Gasteiger partial charge is 0.410 e. The van der Waals surface area contributed by atoms with Crippen molar-refractivity contribution >= 4 is 53.4 Å². The van der Waals surface area contributed by atoms with E-state index in [1.54, 1.807) is 76.2 Å². The van der Waals surface area contributed by atoms with E-state index in [1.807, 2.05) is 19.9 Å². The first-order valence-corrected chi connectivity index (χ1v) is 25.6. The summed E-state index contributed by atoms with van der Waals surface area (Å²) < 4.78 is 22.5. The van der Waals surface area contributed by atoms with Gasteiger partial charge >= 0.3 is 18.0 Å². The van der Waals surface area contributed by atoms with Crippen LogP contribution in [0, 0.1) is 23.7 Å². The van der Waals surface area contributed by atoms with Crippen LogP contribution in [0.25, 0.3) is 0 Å². The zero-order valence-corrected chi connectivity index (χ0v) is 45.0. The van der Waals surface area contributed by atoms with E-state index in [4.69, 9.17) is 18.9 Å². The number of aliphatic hydroxyl groups excluding tert-OH is 1. The summed E-state index contributed by atoms with van der Waals surface area (Å²) in [5, 5.41) is 19.8. The van der Waals surface area contributed by atoms with Gasteiger partial charge in [0.05, 0.1) is 31.6 Å². The zero-order valence-electron chi connectivity index (χ0n) is 45.0. The molecule has 4 N–H and O–H groups in total. The van der Waals surface area contributed by atoms with Crippen LogP contribution in [0.1, 0.15) is 106 Å². The molecule has 0 radical (unpaired) electrons. The minimum atomic E-state index is -1.71. The Bertz CT molecular complexity index is 2280. The number of nitrogens with zero attached hydrogens (tertiary/aromatic N) is 3. The maximum Gasteiger partial charge on any atom is 0.410 e. The Balaban J connectivity index is 1.82. The predicted octanol–water partition coefficient (Wildman–Crippen LogP) is 3.73. The second-order valence-corrected chi connectivity index (χ2v) is 20.3. The Morgan fingerprint density at radius 1 is 0.878 bits per heavy atom. The molecular formula is C54H78N6O14. The molecule has 20 nitrogen and oxygen atoms in total. The van der Waals surface area contributed by atoms with Crippen LogP contribution in [0.15, 0.2) is 54.6 Å². The Hall–Kier alpha value is -6.57. The van der Waals surface area contributed by atoms with Crippen molar-refractivity contribution in [2.24, 2.45) is 23.7 Å². The fourth-order valence-electron chi connectivity index (χ4n) is 8.90. The van der Waals surface area contributed by atoms with Crippen LogP contribution >= 0.6 is 0 Å². The molecule has 74 heavy (non-hydrogen) atoms. The largest absolute Gasteiger partial charge is 0.497 e. The number of hydrogen-bond acceptors (Lipinski definition) is 14. The van der Waals surface area contributed by atoms with Crippen LogP contribution in [0.2, 0.25) is 0 Å². The van der Waals surface area contributed by atoms with E-state index in [-0.39, 0.29) is 38.3 Å². The number of ether oxygens (including phenoxy) is 4. The van der Waals surface area contributed by atoms with E-state index < -0.39 is 132 Å². The molecule has 0 saturated carbocycles. The van der Waals surface area contributed by atoms with Crippen molar-refractivity contribution in [3.05, 3.63) is 65.7 Å². The highest BCUT2D eigenvalue weighted by molar-refractivity contribution is 6.05. The van der Waals surface area contributed by atoms with Crippen LogP contribution in [-0.2, 0) is 65.6 Å². The standard InChI is InChI=1S/C54H78N6O14/c1-13-32(6)44-42(61)28-43(62)74-47(31(4)5)46(63)33(7)48(64)55-39(26-30(2)3)51(67)60-25-17-20-40(60)52(68)59(11)41(27-36-21-23-38(71-12)24-22-36)53(69)73-35(9)45(50(66)56-44)57-49(65)34(8)58(10)54(70)72-29-37-18-15-14-16-19-37/h14-16,18-19,21-24,30-35,39-42,44-45,47,61H,13,17,20,25-29H2,1-12H3,(H,55,64)(H,56,66)(H,57,65)/t32-,33-,34+,35+,39-,40-,41-,42-,44+,45+,47-/m0/s1. The summed E-state index contributed by atoms with van der Waals surface area (Å²) in [7, 11) is 4.23. The lowest BCUT2D eigenvalue weighted by Gasteiger charge is -2.35. The van der Waals surface area contributed by atoms with Crippen molar-refractivity contribution in [1.82, 2.24) is 30.7 Å². The summed E-state index contributed by atoms with van der Waals surface area (Å²) in [5.41, 5.74) is 1.29. The number of hydrogen-bond donors (Lipinski definition) is 4. The van der Waals surface area contributed by atoms with E-state index in [1.165, 1.54) is 51.8 Å². The molecular weight excluding hydrogens is 957 g/mol. The maximum absolute atomic E-state index is 14.8. The fourth-order valence-corrected chi connectivity index (χ4v) is 8.90. The number of amides is 6. The number of nitrogens with one attached hydrogen (secondary N) is 3. The van der Waals surface area contributed by atoms with Gasteiger partial charge in [0, 0.05) is 27.1 Å². The van der Waals surface area contributed by atoms with Gasteiger partial charge in [-0.2, -0.15) is 0 Å². The molecule has 0 aliphatic carbocycles. The number of methoxy groups -OCH3 is 1. The lowest BCUT2D eigenvalue weighted by atomic mass is 9.91. The summed E-state index contributed by atoms with van der Waals surface area (Å²) >= 11 is 0. The van der Waals surface area contributed by atoms with Crippen molar-refractivity contribution in [2.75, 3.05) is 27.7 Å². The highest BCUT2D eigenvalue weighted by atomic mass is 16.6. The molecule has 2 fully saturated rings. The Morgan fingerprint density at radius 2 is 1.53 bits per heavy atom. The van der Waals surface area contributed by atoms with Crippen LogP contribution in [0.3, 0.4) is 0 Å². The molecule has 0 spiro atoms. The third-order valence-corrected chi connectivity index (χ3v) is 13.9. The monoisotopic (exact) mass is 1030 g/mol. The third-order valence-electron chi connectivity index (χ3n) is 13.9. The lowest BCUT2D eigenvalue weighted by Crippen LogP contribution is -2.61. The number of rotatable bonds is 13. The number of carbonyl (C=O) groups is 9. The number of ketones is 1. The van der Waals surface area contributed by atoms with Gasteiger partial charge in [0.25, 0.3) is 0 Å². The first-order chi connectivity index (χ1) is 34.9. The van der Waals surface area contributed by atoms with Gasteiger partial charge in [-0.15, -0.1) is 0 Å². The van der Waals surface area contributed by atoms with E-state index >= 15 is 0 Å². The van der Waals surface area contributed by atoms with Gasteiger partial charge in [-0.05, 0) is 81.0 Å². The van der Waals surface area contributed by atoms with Crippen molar-refractivity contribution in [1.29, 1.82) is 0 Å². The Labute approximate surface area is 434 Å². The van der Waals surface area contributed by atoms with Gasteiger partial charge < -0.3 is 49.8 Å². The average molecular weight is 1040 g/mol. The second-order valence-electron chi connectivity index (χ2n) is 20.3. The van der Waals surface area contributed by atoms with Crippen molar-refractivity contribution in [3.8, 4) is 5.75 Å². The Kier molecular flexibility index (Phi) is 22.4. The summed E-state index contributed by atoms with van der Waals surface area (Å²) in [6.45, 7) is 14.6. The summed E-state index contributed by atoms with van der Waals surface area (Å²) in [6.07, 6.45) is -5.08. The fraction of sp³-hybridized carbons (Fsp3) is 0.611. The van der Waals surface area contributed by atoms with Crippen LogP contribution in [0.4, 0.5) is 4.79 Å². The number of likely N-dealkylation sites (N-methyl/N-ethyl adjacent to an activating group) is 2. The molecule has 2 heterocycles. The van der Waals surface area contributed by atoms with Crippen LogP contribution in [0.5, 0.6) is 5.75 Å². The van der Waals surface area contributed by atoms with Crippen molar-refractivity contribution in [2.45, 2.75) is 162 Å². The van der Waals surface area contributed by atoms with E-state index in [2.05, 4.69) is 16.0 Å². The number of fused-ring (bicyclic) bond motifs is 1. The van der Waals surface area contributed by atoms with E-state index in [0.717, 1.165) is 4.90 Å². The van der Waals surface area contributed by atoms with E-state index in [0.29, 0.717) is 29.7 Å². The molecule has 2 saturated heterocycles. The third kappa shape index (κ3) is 16.0. The lowest BCUT2D eigenvalue weighted by molar-refractivity contribution is -0.163. The molecule has 408 valence electrons. The van der Waals surface area contributed by atoms with E-state index in [9.17, 15) is 48.3 Å². The number of esters is 2.